The fourth-order valence-electron chi connectivity index (χ4n) is 4.25. The van der Waals surface area contributed by atoms with E-state index in [2.05, 4.69) is 68.5 Å². The molecule has 0 N–H and O–H groups in total. The molecule has 3 heterocycles. The second kappa shape index (κ2) is 9.11. The van der Waals surface area contributed by atoms with E-state index in [4.69, 9.17) is 0 Å². The first kappa shape index (κ1) is 20.1. The standard InChI is InChI=1S/C25H24N6O/c32-25(22-11-12-27-23(17-22)31-19-26-18-28-31)30-15-13-29(14-16-30)24(20-7-3-1-4-8-20)21-9-5-2-6-10-21/h1-12,17-19,24H,13-16H2. The number of piperazine rings is 1. The van der Waals surface area contributed by atoms with Crippen LogP contribution in [0.5, 0.6) is 0 Å². The highest BCUT2D eigenvalue weighted by molar-refractivity contribution is 5.94. The van der Waals surface area contributed by atoms with Crippen LogP contribution >= 0.6 is 0 Å². The van der Waals surface area contributed by atoms with Crippen molar-refractivity contribution in [2.24, 2.45) is 0 Å². The summed E-state index contributed by atoms with van der Waals surface area (Å²) in [6.07, 6.45) is 4.66. The molecule has 160 valence electrons. The fourth-order valence-corrected chi connectivity index (χ4v) is 4.25. The fraction of sp³-hybridized carbons (Fsp3) is 0.200. The molecule has 0 aliphatic carbocycles. The molecule has 2 aromatic heterocycles. The molecule has 0 unspecified atom stereocenters. The summed E-state index contributed by atoms with van der Waals surface area (Å²) in [5.74, 6) is 0.601. The van der Waals surface area contributed by atoms with E-state index in [1.807, 2.05) is 17.0 Å². The lowest BCUT2D eigenvalue weighted by Crippen LogP contribution is -2.49. The maximum Gasteiger partial charge on any atom is 0.254 e. The van der Waals surface area contributed by atoms with Gasteiger partial charge in [-0.25, -0.2) is 14.6 Å². The number of benzene rings is 2. The highest BCUT2D eigenvalue weighted by Crippen LogP contribution is 2.29. The van der Waals surface area contributed by atoms with E-state index in [0.717, 1.165) is 13.1 Å². The molecule has 7 nitrogen and oxygen atoms in total. The van der Waals surface area contributed by atoms with E-state index in [9.17, 15) is 4.79 Å². The van der Waals surface area contributed by atoms with Crippen molar-refractivity contribution in [3.8, 4) is 5.82 Å². The maximum atomic E-state index is 13.2. The van der Waals surface area contributed by atoms with E-state index in [1.165, 1.54) is 17.5 Å². The molecule has 0 atom stereocenters. The molecule has 1 aliphatic rings. The largest absolute Gasteiger partial charge is 0.336 e. The Balaban J connectivity index is 1.32. The van der Waals surface area contributed by atoms with E-state index < -0.39 is 0 Å². The lowest BCUT2D eigenvalue weighted by Gasteiger charge is -2.39. The van der Waals surface area contributed by atoms with Gasteiger partial charge in [0.1, 0.15) is 12.7 Å². The topological polar surface area (TPSA) is 67.2 Å². The third kappa shape index (κ3) is 4.15. The van der Waals surface area contributed by atoms with Crippen LogP contribution in [0.25, 0.3) is 5.82 Å². The van der Waals surface area contributed by atoms with Gasteiger partial charge in [-0.15, -0.1) is 0 Å². The van der Waals surface area contributed by atoms with Gasteiger partial charge in [-0.1, -0.05) is 60.7 Å². The molecule has 1 aliphatic heterocycles. The predicted molar refractivity (Wildman–Crippen MR) is 121 cm³/mol. The average Bonchev–Trinajstić information content (AvgIpc) is 3.41. The van der Waals surface area contributed by atoms with Gasteiger partial charge in [0.2, 0.25) is 0 Å². The van der Waals surface area contributed by atoms with Gasteiger partial charge in [0.25, 0.3) is 5.91 Å². The number of pyridine rings is 1. The Morgan fingerprint density at radius 2 is 1.50 bits per heavy atom. The Bertz CT molecular complexity index is 1120. The van der Waals surface area contributed by atoms with Crippen LogP contribution in [0.3, 0.4) is 0 Å². The van der Waals surface area contributed by atoms with Gasteiger partial charge < -0.3 is 4.90 Å². The summed E-state index contributed by atoms with van der Waals surface area (Å²) in [6, 6.07) is 24.8. The summed E-state index contributed by atoms with van der Waals surface area (Å²) in [6.45, 7) is 2.97. The van der Waals surface area contributed by atoms with Gasteiger partial charge in [-0.3, -0.25) is 9.69 Å². The summed E-state index contributed by atoms with van der Waals surface area (Å²) in [4.78, 5) is 25.8. The molecule has 0 saturated carbocycles. The molecule has 0 spiro atoms. The van der Waals surface area contributed by atoms with E-state index >= 15 is 0 Å². The molecule has 1 saturated heterocycles. The number of nitrogens with zero attached hydrogens (tertiary/aromatic N) is 6. The van der Waals surface area contributed by atoms with Crippen LogP contribution in [-0.2, 0) is 0 Å². The van der Waals surface area contributed by atoms with Crippen LogP contribution in [-0.4, -0.2) is 61.6 Å². The zero-order valence-electron chi connectivity index (χ0n) is 17.7. The van der Waals surface area contributed by atoms with E-state index in [-0.39, 0.29) is 11.9 Å². The van der Waals surface area contributed by atoms with Gasteiger partial charge in [0.05, 0.1) is 6.04 Å². The number of amides is 1. The first-order chi connectivity index (χ1) is 15.8. The first-order valence-corrected chi connectivity index (χ1v) is 10.7. The van der Waals surface area contributed by atoms with Crippen LogP contribution < -0.4 is 0 Å². The molecule has 5 rings (SSSR count). The minimum absolute atomic E-state index is 0.0180. The highest BCUT2D eigenvalue weighted by atomic mass is 16.2. The number of hydrogen-bond donors (Lipinski definition) is 0. The number of carbonyl (C=O) groups excluding carboxylic acids is 1. The van der Waals surface area contributed by atoms with Crippen molar-refractivity contribution in [3.05, 3.63) is 108 Å². The van der Waals surface area contributed by atoms with Gasteiger partial charge in [0, 0.05) is 37.9 Å². The third-order valence-electron chi connectivity index (χ3n) is 5.84. The Morgan fingerprint density at radius 1 is 0.844 bits per heavy atom. The van der Waals surface area contributed by atoms with Gasteiger partial charge in [-0.2, -0.15) is 5.10 Å². The molecule has 1 amide bonds. The Hall–Kier alpha value is -3.84. The molecular weight excluding hydrogens is 400 g/mol. The number of rotatable bonds is 5. The zero-order chi connectivity index (χ0) is 21.8. The van der Waals surface area contributed by atoms with Crippen molar-refractivity contribution >= 4 is 5.91 Å². The second-order valence-corrected chi connectivity index (χ2v) is 7.79. The smallest absolute Gasteiger partial charge is 0.254 e. The zero-order valence-corrected chi connectivity index (χ0v) is 17.7. The van der Waals surface area contributed by atoms with Crippen molar-refractivity contribution in [1.82, 2.24) is 29.5 Å². The van der Waals surface area contributed by atoms with Crippen molar-refractivity contribution in [3.63, 3.8) is 0 Å². The van der Waals surface area contributed by atoms with Crippen molar-refractivity contribution in [2.45, 2.75) is 6.04 Å². The minimum atomic E-state index is 0.0180. The van der Waals surface area contributed by atoms with Crippen LogP contribution in [0.15, 0.2) is 91.6 Å². The first-order valence-electron chi connectivity index (χ1n) is 10.7. The quantitative estimate of drug-likeness (QED) is 0.492. The summed E-state index contributed by atoms with van der Waals surface area (Å²) in [7, 11) is 0. The Labute approximate surface area is 187 Å². The molecule has 2 aromatic carbocycles. The molecule has 7 heteroatoms. The number of carbonyl (C=O) groups is 1. The summed E-state index contributed by atoms with van der Waals surface area (Å²) >= 11 is 0. The maximum absolute atomic E-state index is 13.2. The van der Waals surface area contributed by atoms with E-state index in [0.29, 0.717) is 24.5 Å². The van der Waals surface area contributed by atoms with Gasteiger partial charge >= 0.3 is 0 Å². The second-order valence-electron chi connectivity index (χ2n) is 7.79. The molecule has 1 fully saturated rings. The van der Waals surface area contributed by atoms with Crippen molar-refractivity contribution < 1.29 is 4.79 Å². The predicted octanol–water partition coefficient (Wildman–Crippen LogP) is 3.21. The van der Waals surface area contributed by atoms with Crippen LogP contribution in [0.1, 0.15) is 27.5 Å². The summed E-state index contributed by atoms with van der Waals surface area (Å²) < 4.78 is 1.55. The highest BCUT2D eigenvalue weighted by Gasteiger charge is 2.28. The lowest BCUT2D eigenvalue weighted by atomic mass is 9.96. The van der Waals surface area contributed by atoms with Crippen LogP contribution in [0.2, 0.25) is 0 Å². The molecule has 0 bridgehead atoms. The van der Waals surface area contributed by atoms with Crippen molar-refractivity contribution in [2.75, 3.05) is 26.2 Å². The van der Waals surface area contributed by atoms with Crippen LogP contribution in [0, 0.1) is 0 Å². The average molecular weight is 425 g/mol. The number of hydrogen-bond acceptors (Lipinski definition) is 5. The Morgan fingerprint density at radius 3 is 2.09 bits per heavy atom. The Kier molecular flexibility index (Phi) is 5.72. The lowest BCUT2D eigenvalue weighted by molar-refractivity contribution is 0.0597. The molecule has 32 heavy (non-hydrogen) atoms. The minimum Gasteiger partial charge on any atom is -0.336 e. The van der Waals surface area contributed by atoms with Crippen molar-refractivity contribution in [1.29, 1.82) is 0 Å². The van der Waals surface area contributed by atoms with Gasteiger partial charge in [-0.05, 0) is 23.3 Å². The molecule has 4 aromatic rings. The number of aromatic nitrogens is 4. The van der Waals surface area contributed by atoms with Crippen LogP contribution in [0.4, 0.5) is 0 Å². The van der Waals surface area contributed by atoms with E-state index in [1.54, 1.807) is 29.3 Å². The monoisotopic (exact) mass is 424 g/mol. The summed E-state index contributed by atoms with van der Waals surface area (Å²) in [5, 5.41) is 4.10. The summed E-state index contributed by atoms with van der Waals surface area (Å²) in [5.41, 5.74) is 3.15. The van der Waals surface area contributed by atoms with Gasteiger partial charge in [0.15, 0.2) is 5.82 Å². The third-order valence-corrected chi connectivity index (χ3v) is 5.84. The molecular formula is C25H24N6O. The normalized spacial score (nSPS) is 14.6. The SMILES string of the molecule is O=C(c1ccnc(-n2cncn2)c1)N1CCN(C(c2ccccc2)c2ccccc2)CC1. The molecule has 0 radical (unpaired) electrons.